The summed E-state index contributed by atoms with van der Waals surface area (Å²) in [5, 5.41) is 16.4. The number of benzene rings is 1. The minimum absolute atomic E-state index is 0.0279. The van der Waals surface area contributed by atoms with Gasteiger partial charge < -0.3 is 26.8 Å². The largest absolute Gasteiger partial charge is 0.433 e. The molecule has 3 heterocycles. The Morgan fingerprint density at radius 1 is 1.16 bits per heavy atom. The molecule has 0 amide bonds. The van der Waals surface area contributed by atoms with Crippen LogP contribution in [-0.4, -0.2) is 33.4 Å². The number of hydrogen-bond donors (Lipinski definition) is 4. The number of nitrogens with one attached hydrogen (secondary N) is 2. The van der Waals surface area contributed by atoms with Gasteiger partial charge in [-0.25, -0.2) is 4.98 Å². The number of nitrogens with zero attached hydrogens (tertiary/aromatic N) is 3. The molecule has 0 bridgehead atoms. The van der Waals surface area contributed by atoms with E-state index in [-0.39, 0.29) is 23.0 Å². The zero-order valence-corrected chi connectivity index (χ0v) is 17.2. The van der Waals surface area contributed by atoms with Crippen LogP contribution in [0.1, 0.15) is 36.1 Å². The highest BCUT2D eigenvalue weighted by atomic mass is 19.4. The predicted octanol–water partition coefficient (Wildman–Crippen LogP) is 3.35. The maximum atomic E-state index is 13.1. The number of alkyl halides is 3. The molecule has 6 N–H and O–H groups in total. The molecule has 11 heteroatoms. The van der Waals surface area contributed by atoms with Gasteiger partial charge in [0.15, 0.2) is 5.82 Å². The summed E-state index contributed by atoms with van der Waals surface area (Å²) in [6.45, 7) is 2.49. The number of halogens is 3. The summed E-state index contributed by atoms with van der Waals surface area (Å²) >= 11 is 0. The maximum absolute atomic E-state index is 13.1. The average molecular weight is 445 g/mol. The molecule has 5 rings (SSSR count). The first kappa shape index (κ1) is 20.7. The summed E-state index contributed by atoms with van der Waals surface area (Å²) in [4.78, 5) is 3.63. The molecule has 1 aliphatic carbocycles. The fourth-order valence-corrected chi connectivity index (χ4v) is 3.98. The van der Waals surface area contributed by atoms with E-state index in [1.54, 1.807) is 0 Å². The summed E-state index contributed by atoms with van der Waals surface area (Å²) in [6, 6.07) is 8.14. The molecule has 2 fully saturated rings. The highest BCUT2D eigenvalue weighted by Gasteiger charge is 2.57. The number of aromatic nitrogens is 3. The third-order valence-corrected chi connectivity index (χ3v) is 5.99. The van der Waals surface area contributed by atoms with E-state index in [1.165, 1.54) is 6.07 Å². The number of anilines is 3. The van der Waals surface area contributed by atoms with Gasteiger partial charge in [-0.2, -0.15) is 18.3 Å². The lowest BCUT2D eigenvalue weighted by Crippen LogP contribution is -2.52. The van der Waals surface area contributed by atoms with Crippen molar-refractivity contribution in [3.63, 3.8) is 0 Å². The number of pyridine rings is 1. The molecule has 2 atom stereocenters. The molecule has 1 spiro atoms. The van der Waals surface area contributed by atoms with Crippen molar-refractivity contribution in [3.05, 3.63) is 47.4 Å². The van der Waals surface area contributed by atoms with Crippen LogP contribution in [-0.2, 0) is 10.9 Å². The van der Waals surface area contributed by atoms with Crippen LogP contribution in [0.3, 0.4) is 0 Å². The lowest BCUT2D eigenvalue weighted by Gasteiger charge is -2.38. The van der Waals surface area contributed by atoms with Gasteiger partial charge in [-0.15, -0.1) is 5.10 Å². The number of hydrogen-bond acceptors (Lipinski definition) is 8. The van der Waals surface area contributed by atoms with Crippen LogP contribution < -0.4 is 22.1 Å². The van der Waals surface area contributed by atoms with E-state index >= 15 is 0 Å². The van der Waals surface area contributed by atoms with Crippen LogP contribution in [0.5, 0.6) is 0 Å². The number of aryl methyl sites for hydroxylation is 1. The van der Waals surface area contributed by atoms with Gasteiger partial charge in [0.2, 0.25) is 0 Å². The summed E-state index contributed by atoms with van der Waals surface area (Å²) in [5.74, 6) is 0.338. The second-order valence-electron chi connectivity index (χ2n) is 8.30. The van der Waals surface area contributed by atoms with Crippen molar-refractivity contribution in [2.24, 2.45) is 5.73 Å². The molecule has 1 aliphatic heterocycles. The smallest absolute Gasteiger partial charge is 0.399 e. The van der Waals surface area contributed by atoms with Crippen LogP contribution in [0.25, 0.3) is 10.8 Å². The van der Waals surface area contributed by atoms with E-state index in [0.29, 0.717) is 12.4 Å². The van der Waals surface area contributed by atoms with Gasteiger partial charge in [0, 0.05) is 22.1 Å². The Kier molecular flexibility index (Phi) is 4.64. The quantitative estimate of drug-likeness (QED) is 0.441. The van der Waals surface area contributed by atoms with Crippen molar-refractivity contribution in [2.45, 2.75) is 43.8 Å². The Morgan fingerprint density at radius 2 is 1.94 bits per heavy atom. The molecule has 1 aromatic carbocycles. The molecule has 32 heavy (non-hydrogen) atoms. The first-order chi connectivity index (χ1) is 15.1. The number of nitrogens with two attached hydrogens (primary N) is 2. The first-order valence-electron chi connectivity index (χ1n) is 10.2. The fourth-order valence-electron chi connectivity index (χ4n) is 3.98. The Balaban J connectivity index is 1.45. The minimum Gasteiger partial charge on any atom is -0.399 e. The second kappa shape index (κ2) is 7.17. The summed E-state index contributed by atoms with van der Waals surface area (Å²) in [5.41, 5.74) is 12.1. The van der Waals surface area contributed by atoms with Crippen molar-refractivity contribution in [2.75, 3.05) is 23.0 Å². The van der Waals surface area contributed by atoms with Crippen LogP contribution in [0, 0.1) is 6.92 Å². The normalized spacial score (nSPS) is 20.1. The number of ether oxygens (including phenoxy) is 1. The topological polar surface area (TPSA) is 124 Å². The van der Waals surface area contributed by atoms with E-state index in [2.05, 4.69) is 25.8 Å². The molecule has 2 aromatic heterocycles. The molecule has 8 nitrogen and oxygen atoms in total. The monoisotopic (exact) mass is 445 g/mol. The molecule has 1 saturated carbocycles. The second-order valence-corrected chi connectivity index (χ2v) is 8.30. The third kappa shape index (κ3) is 3.67. The van der Waals surface area contributed by atoms with Gasteiger partial charge >= 0.3 is 6.18 Å². The van der Waals surface area contributed by atoms with E-state index in [4.69, 9.17) is 16.2 Å². The van der Waals surface area contributed by atoms with E-state index in [9.17, 15) is 13.2 Å². The van der Waals surface area contributed by atoms with E-state index < -0.39 is 18.0 Å². The SMILES string of the molecule is Cc1nnc(N[C@H](N)c2cc(N)cc(C(F)(F)F)n2)c2cc(NC3COC34CC4)ccc12. The van der Waals surface area contributed by atoms with Crippen molar-refractivity contribution >= 4 is 28.0 Å². The van der Waals surface area contributed by atoms with Crippen LogP contribution in [0.4, 0.5) is 30.4 Å². The summed E-state index contributed by atoms with van der Waals surface area (Å²) < 4.78 is 45.0. The van der Waals surface area contributed by atoms with E-state index in [1.807, 2.05) is 25.1 Å². The molecule has 168 valence electrons. The van der Waals surface area contributed by atoms with Crippen LogP contribution in [0.2, 0.25) is 0 Å². The third-order valence-electron chi connectivity index (χ3n) is 5.99. The van der Waals surface area contributed by atoms with E-state index in [0.717, 1.165) is 41.1 Å². The molecule has 3 aromatic rings. The Labute approximate surface area is 181 Å². The molecular weight excluding hydrogens is 423 g/mol. The fraction of sp³-hybridized carbons (Fsp3) is 0.381. The lowest BCUT2D eigenvalue weighted by atomic mass is 10.0. The Hall–Kier alpha value is -3.18. The van der Waals surface area contributed by atoms with Crippen molar-refractivity contribution in [1.29, 1.82) is 0 Å². The predicted molar refractivity (Wildman–Crippen MR) is 114 cm³/mol. The highest BCUT2D eigenvalue weighted by molar-refractivity contribution is 5.95. The van der Waals surface area contributed by atoms with Gasteiger partial charge in [-0.1, -0.05) is 6.07 Å². The van der Waals surface area contributed by atoms with Crippen LogP contribution in [0.15, 0.2) is 30.3 Å². The van der Waals surface area contributed by atoms with Gasteiger partial charge in [0.05, 0.1) is 29.6 Å². The minimum atomic E-state index is -4.63. The summed E-state index contributed by atoms with van der Waals surface area (Å²) in [7, 11) is 0. The molecule has 1 unspecified atom stereocenters. The zero-order chi connectivity index (χ0) is 22.7. The van der Waals surface area contributed by atoms with Gasteiger partial charge in [0.1, 0.15) is 11.9 Å². The number of rotatable bonds is 5. The molecule has 2 aliphatic rings. The molecule has 1 saturated heterocycles. The highest BCUT2D eigenvalue weighted by Crippen LogP contribution is 2.50. The van der Waals surface area contributed by atoms with Crippen molar-refractivity contribution < 1.29 is 17.9 Å². The van der Waals surface area contributed by atoms with Crippen molar-refractivity contribution in [1.82, 2.24) is 15.2 Å². The van der Waals surface area contributed by atoms with Gasteiger partial charge in [-0.05, 0) is 44.0 Å². The number of nitrogen functional groups attached to an aromatic ring is 1. The van der Waals surface area contributed by atoms with Gasteiger partial charge in [-0.3, -0.25) is 0 Å². The summed E-state index contributed by atoms with van der Waals surface area (Å²) in [6.07, 6.45) is -3.61. The zero-order valence-electron chi connectivity index (χ0n) is 17.2. The lowest BCUT2D eigenvalue weighted by molar-refractivity contribution is -0.141. The molecule has 0 radical (unpaired) electrons. The van der Waals surface area contributed by atoms with Crippen molar-refractivity contribution in [3.8, 4) is 0 Å². The average Bonchev–Trinajstić information content (AvgIpc) is 3.55. The standard InChI is InChI=1S/C21H22F3N7O/c1-10-13-3-2-12(27-17-9-32-20(17)4-5-20)8-14(13)19(31-30-10)29-18(26)15-6-11(25)7-16(28-15)21(22,23)24/h2-3,6-8,17-18,27H,4-5,9,26H2,1H3,(H2,25,28)(H,29,31)/t17?,18-/m0/s1. The van der Waals surface area contributed by atoms with Gasteiger partial charge in [0.25, 0.3) is 0 Å². The first-order valence-corrected chi connectivity index (χ1v) is 10.2. The number of fused-ring (bicyclic) bond motifs is 1. The van der Waals surface area contributed by atoms with Crippen LogP contribution >= 0.6 is 0 Å². The molecular formula is C21H22F3N7O. The maximum Gasteiger partial charge on any atom is 0.433 e. The Bertz CT molecular complexity index is 1200. The Morgan fingerprint density at radius 3 is 2.59 bits per heavy atom.